The number of rotatable bonds is 5. The molecule has 1 aromatic heterocycles. The van der Waals surface area contributed by atoms with Crippen LogP contribution in [0.5, 0.6) is 0 Å². The molecule has 2 aromatic rings. The van der Waals surface area contributed by atoms with Crippen LogP contribution in [-0.2, 0) is 6.54 Å². The zero-order valence-electron chi connectivity index (χ0n) is 10.5. The van der Waals surface area contributed by atoms with Gasteiger partial charge in [-0.25, -0.2) is 0 Å². The monoisotopic (exact) mass is 315 g/mol. The number of hydrogen-bond donors (Lipinski definition) is 1. The fourth-order valence-corrected chi connectivity index (χ4v) is 3.27. The molecule has 102 valence electrons. The first kappa shape index (κ1) is 14.7. The molecule has 0 fully saturated rings. The number of nitrogens with two attached hydrogens (primary N) is 1. The van der Waals surface area contributed by atoms with Crippen LogP contribution in [0.3, 0.4) is 0 Å². The summed E-state index contributed by atoms with van der Waals surface area (Å²) >= 11 is 13.7. The van der Waals surface area contributed by atoms with Crippen molar-refractivity contribution in [2.24, 2.45) is 5.73 Å². The molecule has 0 amide bonds. The molecule has 1 aromatic carbocycles. The Hall–Kier alpha value is -0.680. The van der Waals surface area contributed by atoms with Gasteiger partial charge >= 0.3 is 0 Å². The van der Waals surface area contributed by atoms with E-state index in [2.05, 4.69) is 5.10 Å². The first-order valence-electron chi connectivity index (χ1n) is 5.97. The molecule has 0 aliphatic heterocycles. The van der Waals surface area contributed by atoms with Crippen LogP contribution in [0, 0.1) is 0 Å². The highest BCUT2D eigenvalue weighted by atomic mass is 35.5. The van der Waals surface area contributed by atoms with E-state index in [-0.39, 0.29) is 6.04 Å². The summed E-state index contributed by atoms with van der Waals surface area (Å²) in [6, 6.07) is 7.58. The van der Waals surface area contributed by atoms with Gasteiger partial charge in [0.1, 0.15) is 0 Å². The van der Waals surface area contributed by atoms with Gasteiger partial charge in [-0.15, -0.1) is 11.8 Å². The van der Waals surface area contributed by atoms with E-state index in [1.807, 2.05) is 35.9 Å². The minimum atomic E-state index is -0.154. The second kappa shape index (κ2) is 6.66. The molecule has 0 bridgehead atoms. The Balaban J connectivity index is 2.05. The molecule has 6 heteroatoms. The molecule has 1 unspecified atom stereocenters. The molecule has 19 heavy (non-hydrogen) atoms. The Kier molecular flexibility index (Phi) is 5.16. The highest BCUT2D eigenvalue weighted by molar-refractivity contribution is 7.99. The number of benzene rings is 1. The van der Waals surface area contributed by atoms with E-state index >= 15 is 0 Å². The van der Waals surface area contributed by atoms with E-state index in [4.69, 9.17) is 28.9 Å². The van der Waals surface area contributed by atoms with Crippen LogP contribution < -0.4 is 5.73 Å². The number of thioether (sulfide) groups is 1. The summed E-state index contributed by atoms with van der Waals surface area (Å²) in [6.07, 6.45) is 1.64. The van der Waals surface area contributed by atoms with Gasteiger partial charge in [-0.05, 0) is 25.1 Å². The van der Waals surface area contributed by atoms with Crippen molar-refractivity contribution >= 4 is 35.0 Å². The van der Waals surface area contributed by atoms with Crippen LogP contribution >= 0.6 is 35.0 Å². The van der Waals surface area contributed by atoms with Crippen molar-refractivity contribution in [1.82, 2.24) is 9.78 Å². The predicted molar refractivity (Wildman–Crippen MR) is 82.0 cm³/mol. The van der Waals surface area contributed by atoms with Crippen molar-refractivity contribution in [2.75, 3.05) is 5.75 Å². The minimum Gasteiger partial charge on any atom is -0.322 e. The van der Waals surface area contributed by atoms with Gasteiger partial charge in [0.2, 0.25) is 0 Å². The molecule has 0 saturated carbocycles. The predicted octanol–water partition coefficient (Wildman–Crippen LogP) is 4.00. The Labute approximate surface area is 127 Å². The van der Waals surface area contributed by atoms with E-state index in [1.54, 1.807) is 18.0 Å². The van der Waals surface area contributed by atoms with E-state index in [1.165, 1.54) is 0 Å². The smallest absolute Gasteiger partial charge is 0.0834 e. The van der Waals surface area contributed by atoms with Crippen LogP contribution in [0.25, 0.3) is 0 Å². The molecular formula is C13H15Cl2N3S. The van der Waals surface area contributed by atoms with Crippen molar-refractivity contribution in [3.8, 4) is 0 Å². The molecule has 1 atom stereocenters. The van der Waals surface area contributed by atoms with Gasteiger partial charge in [0, 0.05) is 22.2 Å². The first-order chi connectivity index (χ1) is 9.11. The second-order valence-corrected chi connectivity index (χ2v) is 6.01. The van der Waals surface area contributed by atoms with E-state index in [0.29, 0.717) is 5.02 Å². The lowest BCUT2D eigenvalue weighted by Gasteiger charge is -2.14. The maximum atomic E-state index is 6.20. The lowest BCUT2D eigenvalue weighted by Crippen LogP contribution is -2.18. The highest BCUT2D eigenvalue weighted by Crippen LogP contribution is 2.28. The zero-order valence-corrected chi connectivity index (χ0v) is 12.8. The topological polar surface area (TPSA) is 43.8 Å². The third-order valence-corrected chi connectivity index (χ3v) is 4.35. The highest BCUT2D eigenvalue weighted by Gasteiger charge is 2.16. The molecule has 0 spiro atoms. The van der Waals surface area contributed by atoms with Crippen molar-refractivity contribution < 1.29 is 0 Å². The molecule has 0 radical (unpaired) electrons. The summed E-state index contributed by atoms with van der Waals surface area (Å²) in [5.74, 6) is 0.728. The van der Waals surface area contributed by atoms with Gasteiger partial charge in [0.05, 0.1) is 23.0 Å². The Morgan fingerprint density at radius 1 is 1.42 bits per heavy atom. The van der Waals surface area contributed by atoms with Crippen LogP contribution in [0.15, 0.2) is 35.4 Å². The average molecular weight is 316 g/mol. The summed E-state index contributed by atoms with van der Waals surface area (Å²) in [5, 5.41) is 5.56. The lowest BCUT2D eigenvalue weighted by atomic mass is 10.2. The molecular weight excluding hydrogens is 301 g/mol. The number of aryl methyl sites for hydroxylation is 1. The van der Waals surface area contributed by atoms with Gasteiger partial charge in [0.15, 0.2) is 0 Å². The Morgan fingerprint density at radius 3 is 2.89 bits per heavy atom. The van der Waals surface area contributed by atoms with Gasteiger partial charge in [0.25, 0.3) is 0 Å². The first-order valence-corrected chi connectivity index (χ1v) is 7.71. The fourth-order valence-electron chi connectivity index (χ4n) is 1.81. The summed E-state index contributed by atoms with van der Waals surface area (Å²) < 4.78 is 1.84. The maximum absolute atomic E-state index is 6.20. The number of hydrogen-bond acceptors (Lipinski definition) is 3. The normalized spacial score (nSPS) is 12.6. The van der Waals surface area contributed by atoms with Gasteiger partial charge in [-0.1, -0.05) is 29.3 Å². The summed E-state index contributed by atoms with van der Waals surface area (Å²) in [5.41, 5.74) is 7.09. The van der Waals surface area contributed by atoms with E-state index < -0.39 is 0 Å². The van der Waals surface area contributed by atoms with E-state index in [9.17, 15) is 0 Å². The molecule has 0 saturated heterocycles. The Bertz CT molecular complexity index is 557. The quantitative estimate of drug-likeness (QED) is 0.848. The van der Waals surface area contributed by atoms with Crippen molar-refractivity contribution in [2.45, 2.75) is 24.4 Å². The molecule has 1 heterocycles. The molecule has 2 N–H and O–H groups in total. The molecule has 0 aliphatic rings. The SMILES string of the molecule is CCn1ncc(Cl)c1C(N)CSc1cccc(Cl)c1. The van der Waals surface area contributed by atoms with Crippen LogP contribution in [-0.4, -0.2) is 15.5 Å². The average Bonchev–Trinajstić information content (AvgIpc) is 2.77. The maximum Gasteiger partial charge on any atom is 0.0834 e. The standard InChI is InChI=1S/C13H15Cl2N3S/c1-2-18-13(11(15)7-17-18)12(16)8-19-10-5-3-4-9(14)6-10/h3-7,12H,2,8,16H2,1H3. The van der Waals surface area contributed by atoms with Crippen LogP contribution in [0.4, 0.5) is 0 Å². The molecule has 3 nitrogen and oxygen atoms in total. The van der Waals surface area contributed by atoms with Crippen LogP contribution in [0.1, 0.15) is 18.7 Å². The van der Waals surface area contributed by atoms with Crippen LogP contribution in [0.2, 0.25) is 10.0 Å². The summed E-state index contributed by atoms with van der Waals surface area (Å²) in [7, 11) is 0. The van der Waals surface area contributed by atoms with Gasteiger partial charge < -0.3 is 5.73 Å². The minimum absolute atomic E-state index is 0.154. The number of aromatic nitrogens is 2. The third kappa shape index (κ3) is 3.66. The van der Waals surface area contributed by atoms with E-state index in [0.717, 1.165) is 27.9 Å². The lowest BCUT2D eigenvalue weighted by molar-refractivity contribution is 0.593. The summed E-state index contributed by atoms with van der Waals surface area (Å²) in [4.78, 5) is 1.10. The number of halogens is 2. The molecule has 2 rings (SSSR count). The van der Waals surface area contributed by atoms with Crippen molar-refractivity contribution in [1.29, 1.82) is 0 Å². The second-order valence-electron chi connectivity index (χ2n) is 4.07. The van der Waals surface area contributed by atoms with Gasteiger partial charge in [-0.3, -0.25) is 4.68 Å². The van der Waals surface area contributed by atoms with Gasteiger partial charge in [-0.2, -0.15) is 5.10 Å². The summed E-state index contributed by atoms with van der Waals surface area (Å²) in [6.45, 7) is 2.78. The fraction of sp³-hybridized carbons (Fsp3) is 0.308. The number of nitrogens with zero attached hydrogens (tertiary/aromatic N) is 2. The molecule has 0 aliphatic carbocycles. The Morgan fingerprint density at radius 2 is 2.21 bits per heavy atom. The third-order valence-electron chi connectivity index (χ3n) is 2.71. The van der Waals surface area contributed by atoms with Crippen molar-refractivity contribution in [3.05, 3.63) is 46.2 Å². The van der Waals surface area contributed by atoms with Crippen molar-refractivity contribution in [3.63, 3.8) is 0 Å². The zero-order chi connectivity index (χ0) is 13.8. The largest absolute Gasteiger partial charge is 0.322 e.